The molecule has 2 aromatic carbocycles. The molecule has 3 N–H and O–H groups in total. The zero-order chi connectivity index (χ0) is 16.7. The molecule has 2 aromatic rings. The Morgan fingerprint density at radius 1 is 1.29 bits per heavy atom. The van der Waals surface area contributed by atoms with E-state index in [1.165, 1.54) is 0 Å². The lowest BCUT2D eigenvalue weighted by atomic mass is 9.93. The topological polar surface area (TPSA) is 83.4 Å². The van der Waals surface area contributed by atoms with E-state index >= 15 is 0 Å². The van der Waals surface area contributed by atoms with Gasteiger partial charge in [0, 0.05) is 10.6 Å². The van der Waals surface area contributed by atoms with Gasteiger partial charge in [-0.2, -0.15) is 5.10 Å². The van der Waals surface area contributed by atoms with Crippen molar-refractivity contribution in [2.24, 2.45) is 21.9 Å². The third-order valence-electron chi connectivity index (χ3n) is 4.24. The standard InChI is InChI=1S/C17H15ClN4O2/c18-11-4-6-12(7-5-11)22-8-10-9-24-16-13(15(10)20-22)2-1-3-14(16)17(19)21-23/h1-7,10,23H,8-9H2,(H2,19,21). The summed E-state index contributed by atoms with van der Waals surface area (Å²) in [6.45, 7) is 1.25. The third kappa shape index (κ3) is 2.35. The number of hydrazone groups is 1. The van der Waals surface area contributed by atoms with Gasteiger partial charge in [-0.05, 0) is 36.4 Å². The second-order valence-electron chi connectivity index (χ2n) is 5.72. The van der Waals surface area contributed by atoms with Gasteiger partial charge >= 0.3 is 0 Å². The number of benzene rings is 2. The molecule has 0 amide bonds. The number of nitrogens with zero attached hydrogens (tertiary/aromatic N) is 3. The Morgan fingerprint density at radius 2 is 2.08 bits per heavy atom. The lowest BCUT2D eigenvalue weighted by Gasteiger charge is -2.24. The second kappa shape index (κ2) is 5.72. The van der Waals surface area contributed by atoms with Crippen molar-refractivity contribution >= 4 is 28.8 Å². The van der Waals surface area contributed by atoms with E-state index in [4.69, 9.17) is 32.4 Å². The first kappa shape index (κ1) is 14.8. The van der Waals surface area contributed by atoms with E-state index in [0.717, 1.165) is 23.5 Å². The number of fused-ring (bicyclic) bond motifs is 3. The normalized spacial score (nSPS) is 19.4. The Balaban J connectivity index is 1.75. The summed E-state index contributed by atoms with van der Waals surface area (Å²) in [6.07, 6.45) is 0. The molecule has 0 fully saturated rings. The van der Waals surface area contributed by atoms with Gasteiger partial charge in [0.15, 0.2) is 5.84 Å². The molecule has 4 rings (SSSR count). The predicted octanol–water partition coefficient (Wildman–Crippen LogP) is 2.67. The van der Waals surface area contributed by atoms with E-state index in [-0.39, 0.29) is 11.8 Å². The van der Waals surface area contributed by atoms with Crippen molar-refractivity contribution in [3.63, 3.8) is 0 Å². The molecule has 0 radical (unpaired) electrons. The minimum absolute atomic E-state index is 0.0263. The van der Waals surface area contributed by atoms with Crippen LogP contribution < -0.4 is 15.5 Å². The Hall–Kier alpha value is -2.73. The van der Waals surface area contributed by atoms with Crippen LogP contribution >= 0.6 is 11.6 Å². The minimum Gasteiger partial charge on any atom is -0.491 e. The Kier molecular flexibility index (Phi) is 3.54. The molecule has 7 heteroatoms. The molecule has 0 bridgehead atoms. The van der Waals surface area contributed by atoms with Crippen molar-refractivity contribution in [3.05, 3.63) is 58.6 Å². The van der Waals surface area contributed by atoms with Crippen molar-refractivity contribution in [3.8, 4) is 5.75 Å². The highest BCUT2D eigenvalue weighted by atomic mass is 35.5. The highest BCUT2D eigenvalue weighted by Crippen LogP contribution is 2.36. The van der Waals surface area contributed by atoms with E-state index < -0.39 is 0 Å². The SMILES string of the molecule is NC(=NO)c1cccc2c1OCC1CN(c3ccc(Cl)cc3)N=C21. The Bertz CT molecular complexity index is 848. The first-order valence-corrected chi connectivity index (χ1v) is 7.91. The van der Waals surface area contributed by atoms with Gasteiger partial charge in [0.05, 0.1) is 36.0 Å². The molecule has 24 heavy (non-hydrogen) atoms. The van der Waals surface area contributed by atoms with Crippen LogP contribution in [0.4, 0.5) is 5.69 Å². The monoisotopic (exact) mass is 342 g/mol. The number of hydrogen-bond acceptors (Lipinski definition) is 5. The summed E-state index contributed by atoms with van der Waals surface area (Å²) in [5.41, 5.74) is 9.14. The van der Waals surface area contributed by atoms with Crippen LogP contribution in [-0.4, -0.2) is 29.9 Å². The fourth-order valence-corrected chi connectivity index (χ4v) is 3.19. The number of anilines is 1. The summed E-state index contributed by atoms with van der Waals surface area (Å²) in [5.74, 6) is 0.815. The molecule has 0 saturated carbocycles. The van der Waals surface area contributed by atoms with Gasteiger partial charge in [-0.25, -0.2) is 0 Å². The number of rotatable bonds is 2. The molecule has 1 unspecified atom stereocenters. The molecule has 2 aliphatic rings. The smallest absolute Gasteiger partial charge is 0.173 e. The predicted molar refractivity (Wildman–Crippen MR) is 93.3 cm³/mol. The largest absolute Gasteiger partial charge is 0.491 e. The van der Waals surface area contributed by atoms with Crippen molar-refractivity contribution in [1.82, 2.24) is 0 Å². The van der Waals surface area contributed by atoms with Crippen LogP contribution in [0.1, 0.15) is 11.1 Å². The first-order valence-electron chi connectivity index (χ1n) is 7.53. The Morgan fingerprint density at radius 3 is 2.83 bits per heavy atom. The highest BCUT2D eigenvalue weighted by molar-refractivity contribution is 6.30. The number of halogens is 1. The van der Waals surface area contributed by atoms with Crippen molar-refractivity contribution in [2.75, 3.05) is 18.2 Å². The maximum atomic E-state index is 8.95. The van der Waals surface area contributed by atoms with Gasteiger partial charge in [-0.15, -0.1) is 0 Å². The van der Waals surface area contributed by atoms with Gasteiger partial charge in [0.2, 0.25) is 0 Å². The molecule has 0 saturated heterocycles. The molecule has 2 heterocycles. The highest BCUT2D eigenvalue weighted by Gasteiger charge is 2.35. The Labute approximate surface area is 143 Å². The fourth-order valence-electron chi connectivity index (χ4n) is 3.06. The zero-order valence-corrected chi connectivity index (χ0v) is 13.4. The average molecular weight is 343 g/mol. The second-order valence-corrected chi connectivity index (χ2v) is 6.16. The maximum absolute atomic E-state index is 8.95. The van der Waals surface area contributed by atoms with E-state index in [1.807, 2.05) is 41.4 Å². The van der Waals surface area contributed by atoms with Crippen molar-refractivity contribution in [2.45, 2.75) is 0 Å². The maximum Gasteiger partial charge on any atom is 0.173 e. The van der Waals surface area contributed by atoms with Crippen LogP contribution in [-0.2, 0) is 0 Å². The fraction of sp³-hybridized carbons (Fsp3) is 0.176. The molecule has 1 atom stereocenters. The molecule has 6 nitrogen and oxygen atoms in total. The number of nitrogens with two attached hydrogens (primary N) is 1. The van der Waals surface area contributed by atoms with Gasteiger partial charge in [-0.1, -0.05) is 22.8 Å². The van der Waals surface area contributed by atoms with E-state index in [1.54, 1.807) is 6.07 Å². The zero-order valence-electron chi connectivity index (χ0n) is 12.7. The lowest BCUT2D eigenvalue weighted by molar-refractivity contribution is 0.279. The van der Waals surface area contributed by atoms with Crippen LogP contribution in [0, 0.1) is 5.92 Å². The molecule has 2 aliphatic heterocycles. The van der Waals surface area contributed by atoms with Crippen LogP contribution in [0.15, 0.2) is 52.7 Å². The molecule has 0 aliphatic carbocycles. The van der Waals surface area contributed by atoms with E-state index in [0.29, 0.717) is 22.9 Å². The number of para-hydroxylation sites is 1. The number of amidine groups is 1. The quantitative estimate of drug-likeness (QED) is 0.380. The molecule has 0 spiro atoms. The van der Waals surface area contributed by atoms with Crippen LogP contribution in [0.2, 0.25) is 5.02 Å². The van der Waals surface area contributed by atoms with E-state index in [2.05, 4.69) is 5.16 Å². The van der Waals surface area contributed by atoms with Crippen molar-refractivity contribution < 1.29 is 9.94 Å². The molecule has 122 valence electrons. The van der Waals surface area contributed by atoms with Gasteiger partial charge < -0.3 is 15.7 Å². The van der Waals surface area contributed by atoms with Gasteiger partial charge in [-0.3, -0.25) is 5.01 Å². The molecular weight excluding hydrogens is 328 g/mol. The summed E-state index contributed by atoms with van der Waals surface area (Å²) >= 11 is 5.95. The summed E-state index contributed by atoms with van der Waals surface area (Å²) in [7, 11) is 0. The lowest BCUT2D eigenvalue weighted by Crippen LogP contribution is -2.31. The summed E-state index contributed by atoms with van der Waals surface area (Å²) < 4.78 is 5.89. The number of oxime groups is 1. The molecule has 0 aromatic heterocycles. The first-order chi connectivity index (χ1) is 11.7. The number of ether oxygens (including phenoxy) is 1. The average Bonchev–Trinajstić information content (AvgIpc) is 3.05. The van der Waals surface area contributed by atoms with Gasteiger partial charge in [0.25, 0.3) is 0 Å². The summed E-state index contributed by atoms with van der Waals surface area (Å²) in [4.78, 5) is 0. The van der Waals surface area contributed by atoms with E-state index in [9.17, 15) is 0 Å². The minimum atomic E-state index is 0.0263. The van der Waals surface area contributed by atoms with Crippen LogP contribution in [0.25, 0.3) is 0 Å². The molecular formula is C17H15ClN4O2. The third-order valence-corrected chi connectivity index (χ3v) is 4.49. The van der Waals surface area contributed by atoms with Gasteiger partial charge in [0.1, 0.15) is 5.75 Å². The van der Waals surface area contributed by atoms with Crippen LogP contribution in [0.5, 0.6) is 5.75 Å². The summed E-state index contributed by atoms with van der Waals surface area (Å²) in [6, 6.07) is 13.1. The number of hydrogen-bond donors (Lipinski definition) is 2. The van der Waals surface area contributed by atoms with Crippen molar-refractivity contribution in [1.29, 1.82) is 0 Å². The summed E-state index contributed by atoms with van der Waals surface area (Å²) in [5, 5.41) is 19.4. The van der Waals surface area contributed by atoms with Crippen LogP contribution in [0.3, 0.4) is 0 Å².